The van der Waals surface area contributed by atoms with Gasteiger partial charge in [-0.1, -0.05) is 49.7 Å². The Labute approximate surface area is 276 Å². The minimum atomic E-state index is -0.801. The summed E-state index contributed by atoms with van der Waals surface area (Å²) in [6.45, 7) is 4.03. The number of anilines is 1. The molecule has 2 aromatic carbocycles. The molecule has 1 aliphatic heterocycles. The zero-order valence-electron chi connectivity index (χ0n) is 26.4. The number of nitrogens with zero attached hydrogens (tertiary/aromatic N) is 6. The maximum absolute atomic E-state index is 14.2. The molecule has 12 nitrogen and oxygen atoms in total. The molecule has 13 heteroatoms. The van der Waals surface area contributed by atoms with Crippen molar-refractivity contribution < 1.29 is 19.0 Å². The van der Waals surface area contributed by atoms with Crippen LogP contribution in [0.5, 0.6) is 17.6 Å². The zero-order valence-corrected chi connectivity index (χ0v) is 27.1. The zero-order chi connectivity index (χ0) is 33.8. The summed E-state index contributed by atoms with van der Waals surface area (Å²) >= 11 is 6.51. The number of carbonyl (C=O) groups is 1. The van der Waals surface area contributed by atoms with Gasteiger partial charge in [0.15, 0.2) is 0 Å². The number of amides is 1. The van der Waals surface area contributed by atoms with Crippen molar-refractivity contribution in [2.45, 2.75) is 26.4 Å². The first-order chi connectivity index (χ1) is 22.6. The maximum Gasteiger partial charge on any atom is 0.319 e. The molecule has 4 aromatic rings. The van der Waals surface area contributed by atoms with Crippen LogP contribution in [0.25, 0.3) is 0 Å². The predicted molar refractivity (Wildman–Crippen MR) is 177 cm³/mol. The second kappa shape index (κ2) is 13.8. The quantitative estimate of drug-likeness (QED) is 0.233. The van der Waals surface area contributed by atoms with Crippen molar-refractivity contribution in [3.05, 3.63) is 110 Å². The molecule has 5 rings (SSSR count). The Hall–Kier alpha value is -5.67. The molecule has 0 bridgehead atoms. The number of halogens is 1. The van der Waals surface area contributed by atoms with Crippen LogP contribution < -0.4 is 30.4 Å². The summed E-state index contributed by atoms with van der Waals surface area (Å²) in [7, 11) is 4.47. The van der Waals surface area contributed by atoms with Crippen molar-refractivity contribution in [2.75, 3.05) is 26.2 Å². The minimum Gasteiger partial charge on any atom is -0.497 e. The van der Waals surface area contributed by atoms with Crippen LogP contribution in [0.2, 0.25) is 5.02 Å². The average molecular weight is 654 g/mol. The molecule has 2 N–H and O–H groups in total. The van der Waals surface area contributed by atoms with Crippen LogP contribution in [0.3, 0.4) is 0 Å². The van der Waals surface area contributed by atoms with E-state index in [9.17, 15) is 14.9 Å². The number of methoxy groups -OCH3 is 3. The molecule has 0 saturated heterocycles. The fraction of sp³-hybridized carbons (Fsp3) is 0.235. The number of carbonyl (C=O) groups excluding carboxylic acids is 1. The van der Waals surface area contributed by atoms with Crippen molar-refractivity contribution in [1.82, 2.24) is 14.5 Å². The van der Waals surface area contributed by atoms with Gasteiger partial charge in [0.1, 0.15) is 22.2 Å². The average Bonchev–Trinajstić information content (AvgIpc) is 3.34. The topological polar surface area (TPSA) is 158 Å². The molecule has 0 fully saturated rings. The Balaban J connectivity index is 1.68. The summed E-state index contributed by atoms with van der Waals surface area (Å²) in [5, 5.41) is 9.38. The van der Waals surface area contributed by atoms with E-state index in [1.165, 1.54) is 35.9 Å². The molecular weight excluding hydrogens is 622 g/mol. The van der Waals surface area contributed by atoms with Gasteiger partial charge in [-0.15, -0.1) is 0 Å². The minimum absolute atomic E-state index is 0.0377. The summed E-state index contributed by atoms with van der Waals surface area (Å²) in [5.41, 5.74) is 9.68. The van der Waals surface area contributed by atoms with Crippen LogP contribution in [0.4, 0.5) is 11.4 Å². The van der Waals surface area contributed by atoms with Gasteiger partial charge in [0.25, 0.3) is 11.5 Å². The summed E-state index contributed by atoms with van der Waals surface area (Å²) in [5.74, 6) is 0.0990. The Kier molecular flexibility index (Phi) is 9.58. The van der Waals surface area contributed by atoms with Gasteiger partial charge in [-0.25, -0.2) is 9.98 Å². The van der Waals surface area contributed by atoms with Crippen LogP contribution in [0.1, 0.15) is 36.6 Å². The van der Waals surface area contributed by atoms with E-state index in [-0.39, 0.29) is 35.1 Å². The Morgan fingerprint density at radius 1 is 1.06 bits per heavy atom. The van der Waals surface area contributed by atoms with Gasteiger partial charge < -0.3 is 24.5 Å². The van der Waals surface area contributed by atoms with Crippen molar-refractivity contribution in [3.8, 4) is 23.7 Å². The molecule has 47 heavy (non-hydrogen) atoms. The lowest BCUT2D eigenvalue weighted by Crippen LogP contribution is -2.33. The van der Waals surface area contributed by atoms with Gasteiger partial charge in [0, 0.05) is 11.8 Å². The normalized spacial score (nSPS) is 14.9. The van der Waals surface area contributed by atoms with Gasteiger partial charge in [-0.3, -0.25) is 14.5 Å². The predicted octanol–water partition coefficient (Wildman–Crippen LogP) is 4.97. The third-order valence-corrected chi connectivity index (χ3v) is 7.87. The van der Waals surface area contributed by atoms with Gasteiger partial charge in [0.2, 0.25) is 5.88 Å². The molecule has 0 saturated carbocycles. The Morgan fingerprint density at radius 2 is 1.77 bits per heavy atom. The van der Waals surface area contributed by atoms with Gasteiger partial charge in [-0.05, 0) is 47.4 Å². The molecule has 0 aliphatic carbocycles. The highest BCUT2D eigenvalue weighted by molar-refractivity contribution is 6.31. The first-order valence-electron chi connectivity index (χ1n) is 14.5. The van der Waals surface area contributed by atoms with Crippen molar-refractivity contribution in [3.63, 3.8) is 0 Å². The van der Waals surface area contributed by atoms with E-state index < -0.39 is 17.5 Å². The van der Waals surface area contributed by atoms with Crippen LogP contribution in [-0.4, -0.2) is 47.5 Å². The highest BCUT2D eigenvalue weighted by atomic mass is 35.5. The van der Waals surface area contributed by atoms with E-state index >= 15 is 0 Å². The number of nitrogens with two attached hydrogens (primary N) is 1. The Morgan fingerprint density at radius 3 is 2.36 bits per heavy atom. The fourth-order valence-corrected chi connectivity index (χ4v) is 5.52. The highest BCUT2D eigenvalue weighted by Gasteiger charge is 2.43. The Bertz CT molecular complexity index is 1980. The summed E-state index contributed by atoms with van der Waals surface area (Å²) in [6.07, 6.45) is 3.04. The maximum atomic E-state index is 14.2. The molecule has 0 radical (unpaired) electrons. The smallest absolute Gasteiger partial charge is 0.319 e. The van der Waals surface area contributed by atoms with Gasteiger partial charge in [-0.2, -0.15) is 10.2 Å². The third-order valence-electron chi connectivity index (χ3n) is 7.60. The van der Waals surface area contributed by atoms with E-state index in [2.05, 4.69) is 16.0 Å². The molecule has 3 heterocycles. The molecule has 1 amide bonds. The number of benzene rings is 2. The van der Waals surface area contributed by atoms with Gasteiger partial charge in [0.05, 0.1) is 63.1 Å². The number of pyridine rings is 1. The highest BCUT2D eigenvalue weighted by Crippen LogP contribution is 2.43. The number of aromatic nitrogens is 3. The van der Waals surface area contributed by atoms with Crippen molar-refractivity contribution in [1.29, 1.82) is 5.26 Å². The van der Waals surface area contributed by atoms with E-state index in [4.69, 9.17) is 36.5 Å². The van der Waals surface area contributed by atoms with Crippen LogP contribution in [0.15, 0.2) is 88.0 Å². The first-order valence-corrected chi connectivity index (χ1v) is 14.9. The van der Waals surface area contributed by atoms with Gasteiger partial charge >= 0.3 is 6.01 Å². The third kappa shape index (κ3) is 6.52. The summed E-state index contributed by atoms with van der Waals surface area (Å²) in [4.78, 5) is 42.1. The van der Waals surface area contributed by atoms with E-state index in [1.807, 2.05) is 26.0 Å². The number of aliphatic imine (C=N–C) groups is 1. The van der Waals surface area contributed by atoms with Crippen LogP contribution in [-0.2, 0) is 11.3 Å². The molecule has 0 spiro atoms. The van der Waals surface area contributed by atoms with Crippen LogP contribution in [0, 0.1) is 17.2 Å². The molecule has 1 atom stereocenters. The molecule has 2 aromatic heterocycles. The second-order valence-corrected chi connectivity index (χ2v) is 11.3. The number of rotatable bonds is 10. The van der Waals surface area contributed by atoms with Crippen LogP contribution >= 0.6 is 11.6 Å². The number of ether oxygens (including phenoxy) is 3. The molecule has 1 unspecified atom stereocenters. The standard InChI is InChI=1S/C34H32ClN7O5/c1-19(2)29(39-26-16-38-34(47-5)40-31(26)46-4)27-28(37)33(44)42(30(27)22-10-6-20(15-36)7-11-22)23-14-25(35)32(43)41(18-23)17-21-8-12-24(45-3)13-9-21/h6-14,16,18-19,30H,17,37H2,1-5H3. The lowest BCUT2D eigenvalue weighted by atomic mass is 9.89. The lowest BCUT2D eigenvalue weighted by molar-refractivity contribution is -0.114. The van der Waals surface area contributed by atoms with E-state index in [0.29, 0.717) is 39.5 Å². The van der Waals surface area contributed by atoms with Crippen molar-refractivity contribution in [2.24, 2.45) is 16.6 Å². The summed E-state index contributed by atoms with van der Waals surface area (Å²) in [6, 6.07) is 17.0. The summed E-state index contributed by atoms with van der Waals surface area (Å²) < 4.78 is 17.3. The molecule has 240 valence electrons. The largest absolute Gasteiger partial charge is 0.497 e. The second-order valence-electron chi connectivity index (χ2n) is 10.9. The fourth-order valence-electron chi connectivity index (χ4n) is 5.30. The van der Waals surface area contributed by atoms with Crippen molar-refractivity contribution >= 4 is 34.6 Å². The SMILES string of the molecule is COc1ccc(Cn2cc(N3C(=O)C(N)=C(C(=Nc4cnc(OC)nc4OC)C(C)C)C3c3ccc(C#N)cc3)cc(Cl)c2=O)cc1. The number of nitriles is 1. The van der Waals surface area contributed by atoms with E-state index in [0.717, 1.165) is 5.56 Å². The lowest BCUT2D eigenvalue weighted by Gasteiger charge is -2.29. The molecule has 1 aliphatic rings. The first kappa shape index (κ1) is 32.7. The monoisotopic (exact) mass is 653 g/mol. The number of hydrogen-bond acceptors (Lipinski definition) is 10. The molecular formula is C34H32ClN7O5. The van der Waals surface area contributed by atoms with E-state index in [1.54, 1.807) is 49.7 Å². The number of hydrogen-bond donors (Lipinski definition) is 1.